The molecule has 2 rings (SSSR count). The normalized spacial score (nSPS) is 19.0. The number of rotatable bonds is 6. The fourth-order valence-electron chi connectivity index (χ4n) is 2.37. The number of anilines is 1. The van der Waals surface area contributed by atoms with E-state index in [0.29, 0.717) is 24.3 Å². The van der Waals surface area contributed by atoms with Crippen LogP contribution < -0.4 is 19.1 Å². The lowest BCUT2D eigenvalue weighted by atomic mass is 10.1. The van der Waals surface area contributed by atoms with Crippen LogP contribution in [0.3, 0.4) is 0 Å². The van der Waals surface area contributed by atoms with Crippen molar-refractivity contribution in [1.29, 1.82) is 0 Å². The molecule has 9 heteroatoms. The van der Waals surface area contributed by atoms with Gasteiger partial charge in [0.25, 0.3) is 0 Å². The quantitative estimate of drug-likeness (QED) is 0.815. The highest BCUT2D eigenvalue weighted by molar-refractivity contribution is 7.90. The van der Waals surface area contributed by atoms with Crippen LogP contribution in [0.1, 0.15) is 26.7 Å². The van der Waals surface area contributed by atoms with Crippen molar-refractivity contribution >= 4 is 16.0 Å². The summed E-state index contributed by atoms with van der Waals surface area (Å²) in [7, 11) is -0.238. The highest BCUT2D eigenvalue weighted by Gasteiger charge is 2.27. The molecule has 0 aliphatic carbocycles. The van der Waals surface area contributed by atoms with Crippen molar-refractivity contribution in [1.82, 2.24) is 14.7 Å². The number of sulfonamides is 1. The third-order valence-electron chi connectivity index (χ3n) is 3.74. The molecule has 0 amide bonds. The van der Waals surface area contributed by atoms with Gasteiger partial charge in [0.1, 0.15) is 0 Å². The summed E-state index contributed by atoms with van der Waals surface area (Å²) < 4.78 is 37.2. The smallest absolute Gasteiger partial charge is 0.232 e. The minimum Gasteiger partial charge on any atom is -0.481 e. The number of nitrogens with one attached hydrogen (secondary N) is 1. The van der Waals surface area contributed by atoms with Crippen molar-refractivity contribution in [2.45, 2.75) is 38.0 Å². The van der Waals surface area contributed by atoms with Crippen LogP contribution in [0.2, 0.25) is 0 Å². The van der Waals surface area contributed by atoms with Gasteiger partial charge in [0.05, 0.1) is 25.5 Å². The first-order chi connectivity index (χ1) is 10.9. The lowest BCUT2D eigenvalue weighted by molar-refractivity contribution is 0.369. The maximum Gasteiger partial charge on any atom is 0.232 e. The van der Waals surface area contributed by atoms with E-state index in [-0.39, 0.29) is 6.04 Å². The molecule has 1 fully saturated rings. The summed E-state index contributed by atoms with van der Waals surface area (Å²) in [5.41, 5.74) is 0. The van der Waals surface area contributed by atoms with E-state index < -0.39 is 15.3 Å². The second-order valence-corrected chi connectivity index (χ2v) is 8.02. The van der Waals surface area contributed by atoms with Gasteiger partial charge in [-0.15, -0.1) is 0 Å². The second kappa shape index (κ2) is 7.31. The van der Waals surface area contributed by atoms with Crippen molar-refractivity contribution in [3.05, 3.63) is 6.07 Å². The van der Waals surface area contributed by atoms with Crippen LogP contribution in [0.4, 0.5) is 5.95 Å². The molecule has 1 aromatic rings. The van der Waals surface area contributed by atoms with E-state index in [1.807, 2.05) is 4.90 Å². The summed E-state index contributed by atoms with van der Waals surface area (Å²) in [6.07, 6.45) is 1.65. The number of ether oxygens (including phenoxy) is 2. The van der Waals surface area contributed by atoms with Gasteiger partial charge in [-0.1, -0.05) is 0 Å². The third kappa shape index (κ3) is 4.44. The zero-order chi connectivity index (χ0) is 17.0. The molecule has 0 radical (unpaired) electrons. The third-order valence-corrected chi connectivity index (χ3v) is 5.64. The van der Waals surface area contributed by atoms with Crippen molar-refractivity contribution in [2.75, 3.05) is 32.2 Å². The first-order valence-corrected chi connectivity index (χ1v) is 9.13. The summed E-state index contributed by atoms with van der Waals surface area (Å²) in [5, 5.41) is -0.453. The Bertz CT molecular complexity index is 613. The maximum absolute atomic E-state index is 12.0. The van der Waals surface area contributed by atoms with Crippen molar-refractivity contribution in [3.63, 3.8) is 0 Å². The van der Waals surface area contributed by atoms with E-state index in [1.165, 1.54) is 14.2 Å². The number of piperidine rings is 1. The molecule has 130 valence electrons. The topological polar surface area (TPSA) is 93.7 Å². The first kappa shape index (κ1) is 17.7. The number of aromatic nitrogens is 2. The molecule has 1 N–H and O–H groups in total. The summed E-state index contributed by atoms with van der Waals surface area (Å²) in [4.78, 5) is 10.6. The zero-order valence-corrected chi connectivity index (χ0v) is 14.8. The van der Waals surface area contributed by atoms with Crippen molar-refractivity contribution in [3.8, 4) is 11.8 Å². The van der Waals surface area contributed by atoms with E-state index in [1.54, 1.807) is 19.9 Å². The van der Waals surface area contributed by atoms with Crippen LogP contribution in [0.5, 0.6) is 11.8 Å². The molecule has 1 aromatic heterocycles. The lowest BCUT2D eigenvalue weighted by Gasteiger charge is -2.33. The van der Waals surface area contributed by atoms with Gasteiger partial charge in [0.2, 0.25) is 27.7 Å². The monoisotopic (exact) mass is 344 g/mol. The summed E-state index contributed by atoms with van der Waals surface area (Å²) in [6.45, 7) is 4.61. The van der Waals surface area contributed by atoms with Gasteiger partial charge in [0.15, 0.2) is 0 Å². The Hall–Kier alpha value is -1.61. The Labute approximate surface area is 137 Å². The Morgan fingerprint density at radius 3 is 2.39 bits per heavy atom. The predicted molar refractivity (Wildman–Crippen MR) is 87.6 cm³/mol. The summed E-state index contributed by atoms with van der Waals surface area (Å²) >= 11 is 0. The SMILES string of the molecule is COc1cc(OC)nc(N2CCCC(NS(=O)(=O)C(C)C)C2)n1. The summed E-state index contributed by atoms with van der Waals surface area (Å²) in [6, 6.07) is 1.45. The van der Waals surface area contributed by atoms with Gasteiger partial charge < -0.3 is 14.4 Å². The number of hydrogen-bond donors (Lipinski definition) is 1. The van der Waals surface area contributed by atoms with Gasteiger partial charge in [-0.2, -0.15) is 9.97 Å². The van der Waals surface area contributed by atoms with Crippen LogP contribution >= 0.6 is 0 Å². The largest absolute Gasteiger partial charge is 0.481 e. The van der Waals surface area contributed by atoms with Crippen LogP contribution in [0.25, 0.3) is 0 Å². The Balaban J connectivity index is 2.15. The van der Waals surface area contributed by atoms with E-state index in [9.17, 15) is 8.42 Å². The van der Waals surface area contributed by atoms with Gasteiger partial charge in [-0.05, 0) is 26.7 Å². The average molecular weight is 344 g/mol. The molecule has 0 saturated carbocycles. The first-order valence-electron chi connectivity index (χ1n) is 7.59. The average Bonchev–Trinajstić information content (AvgIpc) is 2.54. The van der Waals surface area contributed by atoms with E-state index in [4.69, 9.17) is 9.47 Å². The molecule has 1 saturated heterocycles. The molecule has 8 nitrogen and oxygen atoms in total. The molecule has 0 spiro atoms. The second-order valence-electron chi connectivity index (χ2n) is 5.75. The van der Waals surface area contributed by atoms with Gasteiger partial charge in [-0.3, -0.25) is 0 Å². The van der Waals surface area contributed by atoms with Crippen LogP contribution in [-0.2, 0) is 10.0 Å². The molecule has 0 bridgehead atoms. The standard InChI is InChI=1S/C14H24N4O4S/c1-10(2)23(19,20)17-11-6-5-7-18(9-11)14-15-12(21-3)8-13(16-14)22-4/h8,10-11,17H,5-7,9H2,1-4H3. The Kier molecular flexibility index (Phi) is 5.64. The Morgan fingerprint density at radius 2 is 1.87 bits per heavy atom. The maximum atomic E-state index is 12.0. The Morgan fingerprint density at radius 1 is 1.26 bits per heavy atom. The van der Waals surface area contributed by atoms with Gasteiger partial charge in [-0.25, -0.2) is 13.1 Å². The molecule has 23 heavy (non-hydrogen) atoms. The highest BCUT2D eigenvalue weighted by Crippen LogP contribution is 2.23. The van der Waals surface area contributed by atoms with Gasteiger partial charge in [0, 0.05) is 19.1 Å². The van der Waals surface area contributed by atoms with E-state index in [2.05, 4.69) is 14.7 Å². The van der Waals surface area contributed by atoms with Crippen LogP contribution in [-0.4, -0.2) is 57.0 Å². The molecule has 2 heterocycles. The van der Waals surface area contributed by atoms with Crippen LogP contribution in [0, 0.1) is 0 Å². The number of nitrogens with zero attached hydrogens (tertiary/aromatic N) is 3. The molecule has 1 atom stereocenters. The van der Waals surface area contributed by atoms with Gasteiger partial charge >= 0.3 is 0 Å². The van der Waals surface area contributed by atoms with E-state index in [0.717, 1.165) is 19.4 Å². The van der Waals surface area contributed by atoms with Crippen LogP contribution in [0.15, 0.2) is 6.07 Å². The minimum atomic E-state index is -3.30. The molecule has 0 aromatic carbocycles. The molecular weight excluding hydrogens is 320 g/mol. The molecule has 1 unspecified atom stereocenters. The highest BCUT2D eigenvalue weighted by atomic mass is 32.2. The van der Waals surface area contributed by atoms with Crippen molar-refractivity contribution in [2.24, 2.45) is 0 Å². The molecule has 1 aliphatic heterocycles. The fraction of sp³-hybridized carbons (Fsp3) is 0.714. The zero-order valence-electron chi connectivity index (χ0n) is 13.9. The number of methoxy groups -OCH3 is 2. The molecule has 1 aliphatic rings. The fourth-order valence-corrected chi connectivity index (χ4v) is 3.30. The summed E-state index contributed by atoms with van der Waals surface area (Å²) in [5.74, 6) is 1.31. The predicted octanol–water partition coefficient (Wildman–Crippen LogP) is 0.790. The van der Waals surface area contributed by atoms with E-state index >= 15 is 0 Å². The van der Waals surface area contributed by atoms with Crippen molar-refractivity contribution < 1.29 is 17.9 Å². The molecular formula is C14H24N4O4S. The number of hydrogen-bond acceptors (Lipinski definition) is 7. The lowest BCUT2D eigenvalue weighted by Crippen LogP contribution is -2.49. The minimum absolute atomic E-state index is 0.156.